The minimum atomic E-state index is -0.128. The predicted octanol–water partition coefficient (Wildman–Crippen LogP) is 3.64. The Balaban J connectivity index is 2.11. The molecule has 0 radical (unpaired) electrons. The van der Waals surface area contributed by atoms with E-state index in [0.717, 1.165) is 10.6 Å². The number of carbonyl (C=O) groups excluding carboxylic acids is 2. The molecule has 0 bridgehead atoms. The fraction of sp³-hybridized carbons (Fsp3) is 0.333. The van der Waals surface area contributed by atoms with Gasteiger partial charge in [-0.05, 0) is 37.4 Å². The van der Waals surface area contributed by atoms with Gasteiger partial charge in [-0.1, -0.05) is 18.2 Å². The molecule has 2 rings (SSSR count). The number of nitrogens with one attached hydrogen (secondary N) is 1. The van der Waals surface area contributed by atoms with Crippen molar-refractivity contribution in [2.75, 3.05) is 19.6 Å². The van der Waals surface area contributed by atoms with Gasteiger partial charge in [0, 0.05) is 28.6 Å². The third-order valence-electron chi connectivity index (χ3n) is 3.44. The van der Waals surface area contributed by atoms with Gasteiger partial charge >= 0.3 is 0 Å². The molecular formula is C18H22N2O2S2. The van der Waals surface area contributed by atoms with Gasteiger partial charge in [0.25, 0.3) is 5.91 Å². The third kappa shape index (κ3) is 5.11. The summed E-state index contributed by atoms with van der Waals surface area (Å²) in [7, 11) is 0. The highest BCUT2D eigenvalue weighted by Gasteiger charge is 2.19. The monoisotopic (exact) mass is 362 g/mol. The molecule has 0 aliphatic heterocycles. The summed E-state index contributed by atoms with van der Waals surface area (Å²) in [6.07, 6.45) is 0. The van der Waals surface area contributed by atoms with Crippen LogP contribution in [0.4, 0.5) is 0 Å². The molecule has 0 spiro atoms. The summed E-state index contributed by atoms with van der Waals surface area (Å²) >= 11 is 3.36. The van der Waals surface area contributed by atoms with Crippen LogP contribution in [0.2, 0.25) is 0 Å². The van der Waals surface area contributed by atoms with Crippen LogP contribution in [0.15, 0.2) is 46.7 Å². The predicted molar refractivity (Wildman–Crippen MR) is 101 cm³/mol. The molecule has 2 amide bonds. The van der Waals surface area contributed by atoms with Crippen LogP contribution in [0.5, 0.6) is 0 Å². The number of thioether (sulfide) groups is 1. The lowest BCUT2D eigenvalue weighted by molar-refractivity contribution is -0.121. The van der Waals surface area contributed by atoms with E-state index in [-0.39, 0.29) is 18.4 Å². The maximum absolute atomic E-state index is 12.8. The van der Waals surface area contributed by atoms with Gasteiger partial charge in [0.2, 0.25) is 5.91 Å². The maximum atomic E-state index is 12.8. The number of hydrogen-bond donors (Lipinski definition) is 1. The fourth-order valence-electron chi connectivity index (χ4n) is 2.24. The molecule has 0 saturated heterocycles. The largest absolute Gasteiger partial charge is 0.355 e. The molecule has 0 atom stereocenters. The number of likely N-dealkylation sites (N-methyl/N-ethyl adjacent to an activating group) is 2. The number of amides is 2. The summed E-state index contributed by atoms with van der Waals surface area (Å²) < 4.78 is 0. The van der Waals surface area contributed by atoms with E-state index in [1.165, 1.54) is 4.88 Å². The highest BCUT2D eigenvalue weighted by atomic mass is 32.2. The summed E-state index contributed by atoms with van der Waals surface area (Å²) in [5.41, 5.74) is 0.658. The normalized spacial score (nSPS) is 10.4. The molecule has 1 aromatic heterocycles. The number of hydrogen-bond acceptors (Lipinski definition) is 4. The van der Waals surface area contributed by atoms with E-state index >= 15 is 0 Å². The van der Waals surface area contributed by atoms with E-state index in [1.54, 1.807) is 28.0 Å². The average molecular weight is 363 g/mol. The molecule has 24 heavy (non-hydrogen) atoms. The molecule has 0 unspecified atom stereocenters. The lowest BCUT2D eigenvalue weighted by atomic mass is 10.2. The molecular weight excluding hydrogens is 340 g/mol. The Bertz CT molecular complexity index is 671. The summed E-state index contributed by atoms with van der Waals surface area (Å²) in [4.78, 5) is 28.4. The van der Waals surface area contributed by atoms with Gasteiger partial charge in [0.1, 0.15) is 0 Å². The smallest absolute Gasteiger partial charge is 0.255 e. The van der Waals surface area contributed by atoms with Gasteiger partial charge in [-0.25, -0.2) is 0 Å². The molecule has 2 aromatic rings. The quantitative estimate of drug-likeness (QED) is 0.730. The van der Waals surface area contributed by atoms with Crippen LogP contribution in [0, 0.1) is 0 Å². The van der Waals surface area contributed by atoms with Crippen molar-refractivity contribution < 1.29 is 9.59 Å². The Morgan fingerprint density at radius 2 is 1.96 bits per heavy atom. The SMILES string of the molecule is CCNC(=O)CN(CC)C(=O)c1ccccc1SCc1cccs1. The lowest BCUT2D eigenvalue weighted by Crippen LogP contribution is -2.40. The van der Waals surface area contributed by atoms with Gasteiger partial charge in [-0.2, -0.15) is 0 Å². The van der Waals surface area contributed by atoms with E-state index in [2.05, 4.69) is 16.8 Å². The zero-order valence-electron chi connectivity index (χ0n) is 14.0. The number of nitrogens with zero attached hydrogens (tertiary/aromatic N) is 1. The molecule has 1 heterocycles. The third-order valence-corrected chi connectivity index (χ3v) is 5.63. The van der Waals surface area contributed by atoms with Gasteiger partial charge in [-0.3, -0.25) is 9.59 Å². The minimum Gasteiger partial charge on any atom is -0.355 e. The number of carbonyl (C=O) groups is 2. The van der Waals surface area contributed by atoms with Crippen molar-refractivity contribution in [2.45, 2.75) is 24.5 Å². The van der Waals surface area contributed by atoms with Crippen LogP contribution < -0.4 is 5.32 Å². The van der Waals surface area contributed by atoms with Crippen LogP contribution in [-0.4, -0.2) is 36.3 Å². The first kappa shape index (κ1) is 18.5. The Morgan fingerprint density at radius 1 is 1.17 bits per heavy atom. The van der Waals surface area contributed by atoms with Crippen LogP contribution in [-0.2, 0) is 10.5 Å². The zero-order valence-corrected chi connectivity index (χ0v) is 15.6. The first-order valence-electron chi connectivity index (χ1n) is 7.95. The Kier molecular flexibility index (Phi) is 7.34. The fourth-order valence-corrected chi connectivity index (χ4v) is 4.05. The van der Waals surface area contributed by atoms with Crippen LogP contribution >= 0.6 is 23.1 Å². The number of thiophene rings is 1. The van der Waals surface area contributed by atoms with Crippen molar-refractivity contribution in [1.82, 2.24) is 10.2 Å². The van der Waals surface area contributed by atoms with Gasteiger partial charge in [0.05, 0.1) is 12.1 Å². The molecule has 1 N–H and O–H groups in total. The topological polar surface area (TPSA) is 49.4 Å². The highest BCUT2D eigenvalue weighted by molar-refractivity contribution is 7.98. The Morgan fingerprint density at radius 3 is 2.62 bits per heavy atom. The van der Waals surface area contributed by atoms with Crippen LogP contribution in [0.1, 0.15) is 29.1 Å². The van der Waals surface area contributed by atoms with E-state index in [0.29, 0.717) is 18.7 Å². The number of benzene rings is 1. The molecule has 0 fully saturated rings. The van der Waals surface area contributed by atoms with Gasteiger partial charge in [-0.15, -0.1) is 23.1 Å². The van der Waals surface area contributed by atoms with Crippen LogP contribution in [0.25, 0.3) is 0 Å². The summed E-state index contributed by atoms with van der Waals surface area (Å²) in [5.74, 6) is 0.610. The first-order chi connectivity index (χ1) is 11.7. The van der Waals surface area contributed by atoms with Crippen molar-refractivity contribution in [3.8, 4) is 0 Å². The second kappa shape index (κ2) is 9.49. The lowest BCUT2D eigenvalue weighted by Gasteiger charge is -2.21. The Hall–Kier alpha value is -1.79. The van der Waals surface area contributed by atoms with Crippen molar-refractivity contribution in [3.63, 3.8) is 0 Å². The zero-order chi connectivity index (χ0) is 17.4. The first-order valence-corrected chi connectivity index (χ1v) is 9.82. The van der Waals surface area contributed by atoms with E-state index in [9.17, 15) is 9.59 Å². The van der Waals surface area contributed by atoms with Gasteiger partial charge < -0.3 is 10.2 Å². The molecule has 1 aromatic carbocycles. The summed E-state index contributed by atoms with van der Waals surface area (Å²) in [6, 6.07) is 11.7. The second-order valence-electron chi connectivity index (χ2n) is 5.14. The van der Waals surface area contributed by atoms with E-state index in [4.69, 9.17) is 0 Å². The highest BCUT2D eigenvalue weighted by Crippen LogP contribution is 2.28. The molecule has 0 saturated carbocycles. The van der Waals surface area contributed by atoms with Crippen molar-refractivity contribution >= 4 is 34.9 Å². The molecule has 128 valence electrons. The van der Waals surface area contributed by atoms with Gasteiger partial charge in [0.15, 0.2) is 0 Å². The standard InChI is InChI=1S/C18H22N2O2S2/c1-3-19-17(21)12-20(4-2)18(22)15-9-5-6-10-16(15)24-13-14-8-7-11-23-14/h5-11H,3-4,12-13H2,1-2H3,(H,19,21). The second-order valence-corrected chi connectivity index (χ2v) is 7.19. The molecule has 0 aliphatic carbocycles. The average Bonchev–Trinajstić information content (AvgIpc) is 3.11. The van der Waals surface area contributed by atoms with Crippen molar-refractivity contribution in [1.29, 1.82) is 0 Å². The maximum Gasteiger partial charge on any atom is 0.255 e. The van der Waals surface area contributed by atoms with Crippen molar-refractivity contribution in [2.24, 2.45) is 0 Å². The molecule has 4 nitrogen and oxygen atoms in total. The Labute approximate surface area is 151 Å². The van der Waals surface area contributed by atoms with E-state index in [1.807, 2.05) is 44.2 Å². The number of rotatable bonds is 8. The molecule has 6 heteroatoms. The van der Waals surface area contributed by atoms with Crippen LogP contribution in [0.3, 0.4) is 0 Å². The molecule has 0 aliphatic rings. The minimum absolute atomic E-state index is 0.0904. The summed E-state index contributed by atoms with van der Waals surface area (Å²) in [5, 5.41) is 4.79. The van der Waals surface area contributed by atoms with E-state index < -0.39 is 0 Å². The summed E-state index contributed by atoms with van der Waals surface area (Å²) in [6.45, 7) is 4.91. The van der Waals surface area contributed by atoms with Crippen molar-refractivity contribution in [3.05, 3.63) is 52.2 Å².